The number of hydrogen-bond donors (Lipinski definition) is 1. The first-order valence-corrected chi connectivity index (χ1v) is 9.15. The van der Waals surface area contributed by atoms with Crippen LogP contribution in [0, 0.1) is 5.82 Å². The second-order valence-electron chi connectivity index (χ2n) is 5.76. The summed E-state index contributed by atoms with van der Waals surface area (Å²) >= 11 is 1.46. The van der Waals surface area contributed by atoms with Crippen molar-refractivity contribution in [1.82, 2.24) is 19.9 Å². The average molecular weight is 382 g/mol. The monoisotopic (exact) mass is 382 g/mol. The van der Waals surface area contributed by atoms with Crippen molar-refractivity contribution < 1.29 is 13.6 Å². The Hall–Kier alpha value is -3.26. The van der Waals surface area contributed by atoms with E-state index >= 15 is 0 Å². The van der Waals surface area contributed by atoms with Gasteiger partial charge in [-0.3, -0.25) is 4.79 Å². The van der Waals surface area contributed by atoms with E-state index in [0.29, 0.717) is 30.1 Å². The largest absolute Gasteiger partial charge is 0.465 e. The zero-order chi connectivity index (χ0) is 18.6. The standard InChI is InChI=1S/C19H15FN4O2S/c20-14-4-1-3-13(11-14)18-22-19-24(23-18)15(12-27-19)8-9-21-17(25)7-6-16-5-2-10-26-16/h1-7,10-12H,8-9H2,(H,21,25)/b7-6+. The molecule has 4 aromatic rings. The third-order valence-corrected chi connectivity index (χ3v) is 4.72. The van der Waals surface area contributed by atoms with Crippen molar-refractivity contribution in [3.8, 4) is 11.4 Å². The first-order chi connectivity index (χ1) is 13.2. The molecule has 1 amide bonds. The van der Waals surface area contributed by atoms with E-state index in [0.717, 1.165) is 10.7 Å². The van der Waals surface area contributed by atoms with Gasteiger partial charge in [0.05, 0.1) is 12.0 Å². The fourth-order valence-corrected chi connectivity index (χ4v) is 3.42. The van der Waals surface area contributed by atoms with Crippen LogP contribution in [0.25, 0.3) is 22.4 Å². The van der Waals surface area contributed by atoms with Crippen LogP contribution in [0.1, 0.15) is 11.5 Å². The van der Waals surface area contributed by atoms with Gasteiger partial charge < -0.3 is 9.73 Å². The first-order valence-electron chi connectivity index (χ1n) is 8.27. The van der Waals surface area contributed by atoms with E-state index in [1.807, 2.05) is 5.38 Å². The van der Waals surface area contributed by atoms with Crippen LogP contribution in [-0.2, 0) is 11.2 Å². The molecule has 0 aliphatic carbocycles. The van der Waals surface area contributed by atoms with Gasteiger partial charge >= 0.3 is 0 Å². The van der Waals surface area contributed by atoms with E-state index in [2.05, 4.69) is 15.4 Å². The summed E-state index contributed by atoms with van der Waals surface area (Å²) in [6.45, 7) is 0.461. The molecule has 1 aromatic carbocycles. The molecule has 6 nitrogen and oxygen atoms in total. The SMILES string of the molecule is O=C(/C=C/c1ccco1)NCCc1csc2nc(-c3cccc(F)c3)nn12. The summed E-state index contributed by atoms with van der Waals surface area (Å²) in [6, 6.07) is 9.73. The molecule has 0 saturated carbocycles. The molecular weight excluding hydrogens is 367 g/mol. The Kier molecular flexibility index (Phi) is 4.80. The Morgan fingerprint density at radius 1 is 1.33 bits per heavy atom. The van der Waals surface area contributed by atoms with Crippen molar-refractivity contribution in [3.05, 3.63) is 71.4 Å². The van der Waals surface area contributed by atoms with Crippen LogP contribution >= 0.6 is 11.3 Å². The van der Waals surface area contributed by atoms with E-state index in [4.69, 9.17) is 4.42 Å². The van der Waals surface area contributed by atoms with Crippen molar-refractivity contribution in [2.24, 2.45) is 0 Å². The van der Waals surface area contributed by atoms with Gasteiger partial charge in [0.2, 0.25) is 10.9 Å². The van der Waals surface area contributed by atoms with E-state index in [1.54, 1.807) is 41.1 Å². The molecule has 0 saturated heterocycles. The van der Waals surface area contributed by atoms with Crippen LogP contribution in [0.4, 0.5) is 4.39 Å². The zero-order valence-electron chi connectivity index (χ0n) is 14.1. The molecule has 0 atom stereocenters. The molecule has 136 valence electrons. The van der Waals surface area contributed by atoms with Crippen molar-refractivity contribution in [1.29, 1.82) is 0 Å². The Balaban J connectivity index is 1.40. The number of nitrogens with one attached hydrogen (secondary N) is 1. The predicted molar refractivity (Wildman–Crippen MR) is 101 cm³/mol. The molecule has 0 bridgehead atoms. The minimum atomic E-state index is -0.323. The minimum Gasteiger partial charge on any atom is -0.465 e. The number of fused-ring (bicyclic) bond motifs is 1. The summed E-state index contributed by atoms with van der Waals surface area (Å²) in [4.78, 5) is 17.0. The van der Waals surface area contributed by atoms with Crippen molar-refractivity contribution in [2.45, 2.75) is 6.42 Å². The summed E-state index contributed by atoms with van der Waals surface area (Å²) < 4.78 is 20.3. The van der Waals surface area contributed by atoms with Gasteiger partial charge in [-0.25, -0.2) is 8.91 Å². The lowest BCUT2D eigenvalue weighted by atomic mass is 10.2. The topological polar surface area (TPSA) is 72.4 Å². The Labute approximate surface area is 158 Å². The highest BCUT2D eigenvalue weighted by Gasteiger charge is 2.12. The lowest BCUT2D eigenvalue weighted by Crippen LogP contribution is -2.23. The van der Waals surface area contributed by atoms with Crippen LogP contribution in [0.3, 0.4) is 0 Å². The predicted octanol–water partition coefficient (Wildman–Crippen LogP) is 3.56. The summed E-state index contributed by atoms with van der Waals surface area (Å²) in [7, 11) is 0. The molecule has 27 heavy (non-hydrogen) atoms. The molecule has 3 heterocycles. The van der Waals surface area contributed by atoms with Crippen LogP contribution in [-0.4, -0.2) is 27.0 Å². The Bertz CT molecular complexity index is 1100. The average Bonchev–Trinajstić information content (AvgIpc) is 3.38. The second-order valence-corrected chi connectivity index (χ2v) is 6.59. The van der Waals surface area contributed by atoms with Gasteiger partial charge in [0.15, 0.2) is 5.82 Å². The number of carbonyl (C=O) groups is 1. The summed E-state index contributed by atoms with van der Waals surface area (Å²) in [5.74, 6) is 0.582. The molecule has 0 aliphatic heterocycles. The minimum absolute atomic E-state index is 0.197. The highest BCUT2D eigenvalue weighted by molar-refractivity contribution is 7.15. The summed E-state index contributed by atoms with van der Waals surface area (Å²) in [5.41, 5.74) is 1.56. The molecule has 0 radical (unpaired) electrons. The molecule has 4 rings (SSSR count). The number of carbonyl (C=O) groups excluding carboxylic acids is 1. The number of aromatic nitrogens is 3. The van der Waals surface area contributed by atoms with Crippen molar-refractivity contribution >= 4 is 28.3 Å². The van der Waals surface area contributed by atoms with Gasteiger partial charge in [0, 0.05) is 30.0 Å². The second kappa shape index (κ2) is 7.55. The van der Waals surface area contributed by atoms with Crippen LogP contribution in [0.2, 0.25) is 0 Å². The number of hydrogen-bond acceptors (Lipinski definition) is 5. The maximum Gasteiger partial charge on any atom is 0.244 e. The van der Waals surface area contributed by atoms with Crippen LogP contribution < -0.4 is 5.32 Å². The maximum absolute atomic E-state index is 13.4. The quantitative estimate of drug-likeness (QED) is 0.518. The highest BCUT2D eigenvalue weighted by Crippen LogP contribution is 2.21. The van der Waals surface area contributed by atoms with Crippen LogP contribution in [0.15, 0.2) is 58.5 Å². The number of furan rings is 1. The van der Waals surface area contributed by atoms with Gasteiger partial charge in [-0.05, 0) is 30.3 Å². The number of amides is 1. The lowest BCUT2D eigenvalue weighted by Gasteiger charge is -2.01. The summed E-state index contributed by atoms with van der Waals surface area (Å²) in [5, 5.41) is 9.24. The number of nitrogens with zero attached hydrogens (tertiary/aromatic N) is 3. The fourth-order valence-electron chi connectivity index (χ4n) is 2.56. The molecule has 0 fully saturated rings. The molecule has 3 aromatic heterocycles. The molecule has 0 spiro atoms. The van der Waals surface area contributed by atoms with Gasteiger partial charge in [0.1, 0.15) is 11.6 Å². The van der Waals surface area contributed by atoms with E-state index in [1.165, 1.54) is 29.5 Å². The Morgan fingerprint density at radius 3 is 3.07 bits per heavy atom. The number of benzene rings is 1. The maximum atomic E-state index is 13.4. The zero-order valence-corrected chi connectivity index (χ0v) is 14.9. The van der Waals surface area contributed by atoms with Gasteiger partial charge in [-0.1, -0.05) is 12.1 Å². The van der Waals surface area contributed by atoms with Gasteiger partial charge in [-0.15, -0.1) is 16.4 Å². The van der Waals surface area contributed by atoms with Gasteiger partial charge in [-0.2, -0.15) is 4.98 Å². The normalized spacial score (nSPS) is 11.4. The number of halogens is 1. The van der Waals surface area contributed by atoms with Crippen LogP contribution in [0.5, 0.6) is 0 Å². The molecule has 1 N–H and O–H groups in total. The number of thiazole rings is 1. The molecule has 0 aliphatic rings. The summed E-state index contributed by atoms with van der Waals surface area (Å²) in [6.07, 6.45) is 5.20. The van der Waals surface area contributed by atoms with Crippen molar-refractivity contribution in [2.75, 3.05) is 6.54 Å². The first kappa shape index (κ1) is 17.2. The third kappa shape index (κ3) is 3.95. The molecule has 8 heteroatoms. The van der Waals surface area contributed by atoms with E-state index < -0.39 is 0 Å². The van der Waals surface area contributed by atoms with Crippen molar-refractivity contribution in [3.63, 3.8) is 0 Å². The third-order valence-electron chi connectivity index (χ3n) is 3.86. The lowest BCUT2D eigenvalue weighted by molar-refractivity contribution is -0.116. The smallest absolute Gasteiger partial charge is 0.244 e. The van der Waals surface area contributed by atoms with Gasteiger partial charge in [0.25, 0.3) is 0 Å². The van der Waals surface area contributed by atoms with E-state index in [9.17, 15) is 9.18 Å². The number of rotatable bonds is 6. The molecule has 0 unspecified atom stereocenters. The van der Waals surface area contributed by atoms with E-state index in [-0.39, 0.29) is 11.7 Å². The Morgan fingerprint density at radius 2 is 2.26 bits per heavy atom. The molecular formula is C19H15FN4O2S. The fraction of sp³-hybridized carbons (Fsp3) is 0.105. The highest BCUT2D eigenvalue weighted by atomic mass is 32.1.